The largest absolute Gasteiger partial charge is 0.437 e. The molecule has 4 aromatic rings. The van der Waals surface area contributed by atoms with Gasteiger partial charge in [0.15, 0.2) is 5.76 Å². The lowest BCUT2D eigenvalue weighted by atomic mass is 9.66. The number of aromatic nitrogens is 5. The first-order valence-corrected chi connectivity index (χ1v) is 12.8. The number of fused-ring (bicyclic) bond motifs is 5. The Morgan fingerprint density at radius 1 is 1.05 bits per heavy atom. The van der Waals surface area contributed by atoms with Gasteiger partial charge in [0.1, 0.15) is 23.9 Å². The Hall–Kier alpha value is -3.59. The van der Waals surface area contributed by atoms with E-state index < -0.39 is 17.0 Å². The van der Waals surface area contributed by atoms with Crippen LogP contribution < -0.4 is 0 Å². The summed E-state index contributed by atoms with van der Waals surface area (Å²) < 4.78 is 35.0. The van der Waals surface area contributed by atoms with E-state index in [0.29, 0.717) is 23.0 Å². The smallest absolute Gasteiger partial charge is 0.247 e. The van der Waals surface area contributed by atoms with Gasteiger partial charge in [-0.3, -0.25) is 4.98 Å². The fourth-order valence-electron chi connectivity index (χ4n) is 6.59. The number of benzene rings is 1. The molecule has 3 heterocycles. The lowest BCUT2D eigenvalue weighted by Gasteiger charge is -2.37. The lowest BCUT2D eigenvalue weighted by Crippen LogP contribution is -2.38. The van der Waals surface area contributed by atoms with Crippen molar-refractivity contribution in [3.05, 3.63) is 76.7 Å². The van der Waals surface area contributed by atoms with Crippen molar-refractivity contribution in [2.45, 2.75) is 70.8 Å². The van der Waals surface area contributed by atoms with Crippen molar-refractivity contribution in [2.24, 2.45) is 5.41 Å². The van der Waals surface area contributed by atoms with Crippen molar-refractivity contribution in [1.82, 2.24) is 25.1 Å². The minimum atomic E-state index is -0.669. The van der Waals surface area contributed by atoms with Gasteiger partial charge in [0.25, 0.3) is 0 Å². The van der Waals surface area contributed by atoms with Crippen molar-refractivity contribution in [1.29, 1.82) is 0 Å². The number of oxazole rings is 1. The molecule has 0 unspecified atom stereocenters. The van der Waals surface area contributed by atoms with Crippen molar-refractivity contribution < 1.29 is 18.3 Å². The second kappa shape index (κ2) is 8.20. The third kappa shape index (κ3) is 3.30. The Balaban J connectivity index is 1.49. The van der Waals surface area contributed by atoms with Crippen molar-refractivity contribution >= 4 is 0 Å². The maximum absolute atomic E-state index is 14.5. The molecular formula is C29H29F2N5O2. The molecule has 1 N–H and O–H groups in total. The molecule has 3 aromatic heterocycles. The third-order valence-corrected chi connectivity index (χ3v) is 8.44. The summed E-state index contributed by atoms with van der Waals surface area (Å²) >= 11 is 0. The van der Waals surface area contributed by atoms with Crippen molar-refractivity contribution in [2.75, 3.05) is 0 Å². The molecule has 2 aliphatic rings. The highest BCUT2D eigenvalue weighted by Crippen LogP contribution is 2.69. The molecule has 2 atom stereocenters. The zero-order chi connectivity index (χ0) is 27.0. The molecule has 6 rings (SSSR count). The topological polar surface area (TPSA) is 97.8 Å². The Morgan fingerprint density at radius 3 is 2.45 bits per heavy atom. The first-order chi connectivity index (χ1) is 18.0. The summed E-state index contributed by atoms with van der Waals surface area (Å²) in [6.07, 6.45) is 5.01. The van der Waals surface area contributed by atoms with Crippen molar-refractivity contribution in [3.8, 4) is 22.8 Å². The van der Waals surface area contributed by atoms with E-state index in [1.807, 2.05) is 20.8 Å². The quantitative estimate of drug-likeness (QED) is 0.362. The SMILES string of the molecule is CC(C)(C)c1nc(-c2cncc([C@@]34CC[C@@H](c5cc(-c6c(F)cccc6F)nnc53)C4(C)C)n2)oc1CO. The Kier molecular flexibility index (Phi) is 5.34. The fraction of sp³-hybridized carbons (Fsp3) is 0.414. The maximum Gasteiger partial charge on any atom is 0.247 e. The molecule has 0 saturated heterocycles. The van der Waals surface area contributed by atoms with Crippen LogP contribution in [-0.4, -0.2) is 30.3 Å². The van der Waals surface area contributed by atoms with Crippen LogP contribution in [0.15, 0.2) is 41.1 Å². The number of hydrogen-bond acceptors (Lipinski definition) is 7. The summed E-state index contributed by atoms with van der Waals surface area (Å²) in [5.74, 6) is -0.520. The molecule has 2 bridgehead atoms. The second-order valence-corrected chi connectivity index (χ2v) is 11.8. The number of hydrogen-bond donors (Lipinski definition) is 1. The number of rotatable bonds is 4. The molecule has 2 aliphatic carbocycles. The van der Waals surface area contributed by atoms with Crippen LogP contribution in [0.2, 0.25) is 0 Å². The fourth-order valence-corrected chi connectivity index (χ4v) is 6.59. The number of halogens is 2. The molecule has 0 spiro atoms. The van der Waals surface area contributed by atoms with Gasteiger partial charge in [-0.2, -0.15) is 5.10 Å². The zero-order valence-corrected chi connectivity index (χ0v) is 22.0. The number of nitrogens with zero attached hydrogens (tertiary/aromatic N) is 5. The van der Waals surface area contributed by atoms with E-state index in [2.05, 4.69) is 34.0 Å². The molecule has 9 heteroatoms. The van der Waals surface area contributed by atoms with Crippen LogP contribution in [0, 0.1) is 17.0 Å². The predicted molar refractivity (Wildman–Crippen MR) is 136 cm³/mol. The van der Waals surface area contributed by atoms with Gasteiger partial charge in [-0.1, -0.05) is 40.7 Å². The molecule has 38 heavy (non-hydrogen) atoms. The first-order valence-electron chi connectivity index (χ1n) is 12.8. The minimum Gasteiger partial charge on any atom is -0.437 e. The molecule has 1 fully saturated rings. The molecule has 7 nitrogen and oxygen atoms in total. The lowest BCUT2D eigenvalue weighted by molar-refractivity contribution is 0.241. The minimum absolute atomic E-state index is 0.113. The standard InChI is InChI=1S/C29H29F2N5O2/c1-27(2,3)25-21(14-37)38-26(34-25)20-12-32-13-22(33-20)29-10-9-16(28(29,4)5)15-11-19(35-36-24(15)29)23-17(30)7-6-8-18(23)31/h6-8,11-13,16,37H,9-10,14H2,1-5H3/t16-,29-/m0/s1. The van der Waals surface area contributed by atoms with Crippen molar-refractivity contribution in [3.63, 3.8) is 0 Å². The average Bonchev–Trinajstić information content (AvgIpc) is 3.49. The van der Waals surface area contributed by atoms with Gasteiger partial charge < -0.3 is 9.52 Å². The highest BCUT2D eigenvalue weighted by Gasteiger charge is 2.65. The van der Waals surface area contributed by atoms with Crippen LogP contribution in [0.5, 0.6) is 0 Å². The van der Waals surface area contributed by atoms with E-state index in [-0.39, 0.29) is 34.6 Å². The monoisotopic (exact) mass is 517 g/mol. The van der Waals surface area contributed by atoms with E-state index in [9.17, 15) is 13.9 Å². The number of aliphatic hydroxyl groups excluding tert-OH is 1. The molecule has 0 radical (unpaired) electrons. The Morgan fingerprint density at radius 2 is 1.79 bits per heavy atom. The van der Waals surface area contributed by atoms with E-state index in [1.54, 1.807) is 18.5 Å². The van der Waals surface area contributed by atoms with E-state index in [1.165, 1.54) is 18.2 Å². The second-order valence-electron chi connectivity index (χ2n) is 11.8. The summed E-state index contributed by atoms with van der Waals surface area (Å²) in [4.78, 5) is 14.1. The Bertz CT molecular complexity index is 1560. The van der Waals surface area contributed by atoms with Gasteiger partial charge in [0, 0.05) is 11.6 Å². The molecule has 0 aliphatic heterocycles. The van der Waals surface area contributed by atoms with Gasteiger partial charge >= 0.3 is 0 Å². The van der Waals surface area contributed by atoms with Crippen LogP contribution in [-0.2, 0) is 17.4 Å². The van der Waals surface area contributed by atoms with Crippen LogP contribution in [0.4, 0.5) is 8.78 Å². The van der Waals surface area contributed by atoms with Gasteiger partial charge in [0.2, 0.25) is 5.89 Å². The predicted octanol–water partition coefficient (Wildman–Crippen LogP) is 5.86. The van der Waals surface area contributed by atoms with Crippen LogP contribution in [0.25, 0.3) is 22.8 Å². The molecular weight excluding hydrogens is 488 g/mol. The summed E-state index contributed by atoms with van der Waals surface area (Å²) in [7, 11) is 0. The summed E-state index contributed by atoms with van der Waals surface area (Å²) in [5.41, 5.74) is 2.38. The normalized spacial score (nSPS) is 21.6. The van der Waals surface area contributed by atoms with Gasteiger partial charge in [-0.25, -0.2) is 18.7 Å². The van der Waals surface area contributed by atoms with E-state index in [4.69, 9.17) is 9.40 Å². The van der Waals surface area contributed by atoms with Gasteiger partial charge in [0.05, 0.1) is 40.0 Å². The van der Waals surface area contributed by atoms with E-state index >= 15 is 0 Å². The summed E-state index contributed by atoms with van der Waals surface area (Å²) in [6.45, 7) is 10.1. The van der Waals surface area contributed by atoms with Crippen LogP contribution in [0.3, 0.4) is 0 Å². The highest BCUT2D eigenvalue weighted by molar-refractivity contribution is 5.64. The molecule has 0 amide bonds. The molecule has 1 saturated carbocycles. The van der Waals surface area contributed by atoms with Gasteiger partial charge in [-0.15, -0.1) is 5.10 Å². The Labute approximate surface area is 219 Å². The third-order valence-electron chi connectivity index (χ3n) is 8.44. The zero-order valence-electron chi connectivity index (χ0n) is 22.0. The van der Waals surface area contributed by atoms with Gasteiger partial charge in [-0.05, 0) is 47.9 Å². The first kappa shape index (κ1) is 24.7. The van der Waals surface area contributed by atoms with E-state index in [0.717, 1.165) is 29.8 Å². The average molecular weight is 518 g/mol. The number of aliphatic hydroxyl groups is 1. The summed E-state index contributed by atoms with van der Waals surface area (Å²) in [6, 6.07) is 5.57. The van der Waals surface area contributed by atoms with Crippen LogP contribution in [0.1, 0.15) is 81.8 Å². The molecule has 1 aromatic carbocycles. The summed E-state index contributed by atoms with van der Waals surface area (Å²) in [5, 5.41) is 18.7. The molecule has 196 valence electrons. The highest BCUT2D eigenvalue weighted by atomic mass is 19.1. The van der Waals surface area contributed by atoms with Crippen LogP contribution >= 0.6 is 0 Å². The maximum atomic E-state index is 14.5.